The number of carbonyl (C=O) groups excluding carboxylic acids is 1. The highest BCUT2D eigenvalue weighted by molar-refractivity contribution is 6.06. The lowest BCUT2D eigenvalue weighted by atomic mass is 9.85. The fourth-order valence-corrected chi connectivity index (χ4v) is 2.31. The first kappa shape index (κ1) is 11.0. The molecular formula is C15H14N2O. The Bertz CT molecular complexity index is 618. The van der Waals surface area contributed by atoms with Crippen LogP contribution in [0.3, 0.4) is 0 Å². The van der Waals surface area contributed by atoms with Crippen molar-refractivity contribution in [3.8, 4) is 11.1 Å². The molecule has 1 aliphatic heterocycles. The van der Waals surface area contributed by atoms with Gasteiger partial charge in [0.05, 0.1) is 5.41 Å². The molecule has 3 nitrogen and oxygen atoms in total. The summed E-state index contributed by atoms with van der Waals surface area (Å²) in [6, 6.07) is 9.99. The molecule has 0 saturated carbocycles. The minimum Gasteiger partial charge on any atom is -0.325 e. The minimum atomic E-state index is -0.442. The van der Waals surface area contributed by atoms with Gasteiger partial charge in [-0.2, -0.15) is 0 Å². The highest BCUT2D eigenvalue weighted by Crippen LogP contribution is 2.39. The normalized spacial score (nSPS) is 16.2. The molecule has 18 heavy (non-hydrogen) atoms. The van der Waals surface area contributed by atoms with Gasteiger partial charge in [-0.1, -0.05) is 18.2 Å². The van der Waals surface area contributed by atoms with E-state index in [2.05, 4.69) is 10.3 Å². The number of amides is 1. The summed E-state index contributed by atoms with van der Waals surface area (Å²) in [7, 11) is 0. The standard InChI is InChI=1S/C15H14N2O/c1-15(2)12-6-5-10(8-13(12)17-14(15)18)11-4-3-7-16-9-11/h3-9H,1-2H3,(H,17,18). The highest BCUT2D eigenvalue weighted by Gasteiger charge is 2.38. The molecule has 1 aromatic carbocycles. The lowest BCUT2D eigenvalue weighted by molar-refractivity contribution is -0.119. The van der Waals surface area contributed by atoms with Gasteiger partial charge < -0.3 is 5.32 Å². The fraction of sp³-hybridized carbons (Fsp3) is 0.200. The van der Waals surface area contributed by atoms with Crippen LogP contribution in [0.15, 0.2) is 42.7 Å². The Morgan fingerprint density at radius 1 is 1.17 bits per heavy atom. The molecule has 0 fully saturated rings. The van der Waals surface area contributed by atoms with Gasteiger partial charge in [0.1, 0.15) is 0 Å². The van der Waals surface area contributed by atoms with Gasteiger partial charge >= 0.3 is 0 Å². The smallest absolute Gasteiger partial charge is 0.234 e. The Kier molecular flexibility index (Phi) is 2.23. The number of anilines is 1. The van der Waals surface area contributed by atoms with Crippen LogP contribution in [0, 0.1) is 0 Å². The van der Waals surface area contributed by atoms with Gasteiger partial charge in [0, 0.05) is 23.6 Å². The van der Waals surface area contributed by atoms with Crippen LogP contribution in [-0.2, 0) is 10.2 Å². The molecular weight excluding hydrogens is 224 g/mol. The van der Waals surface area contributed by atoms with Gasteiger partial charge in [0.25, 0.3) is 0 Å². The van der Waals surface area contributed by atoms with Crippen LogP contribution in [0.4, 0.5) is 5.69 Å². The fourth-order valence-electron chi connectivity index (χ4n) is 2.31. The molecule has 3 heteroatoms. The molecule has 1 N–H and O–H groups in total. The number of aromatic nitrogens is 1. The molecule has 1 aromatic heterocycles. The number of nitrogens with one attached hydrogen (secondary N) is 1. The molecule has 1 amide bonds. The van der Waals surface area contributed by atoms with Crippen LogP contribution >= 0.6 is 0 Å². The summed E-state index contributed by atoms with van der Waals surface area (Å²) in [4.78, 5) is 16.0. The summed E-state index contributed by atoms with van der Waals surface area (Å²) in [5, 5.41) is 2.94. The lowest BCUT2D eigenvalue weighted by Gasteiger charge is -2.14. The zero-order valence-electron chi connectivity index (χ0n) is 10.4. The maximum Gasteiger partial charge on any atom is 0.234 e. The van der Waals surface area contributed by atoms with Gasteiger partial charge in [0.15, 0.2) is 0 Å². The number of nitrogens with zero attached hydrogens (tertiary/aromatic N) is 1. The van der Waals surface area contributed by atoms with Crippen molar-refractivity contribution in [2.24, 2.45) is 0 Å². The second-order valence-electron chi connectivity index (χ2n) is 5.08. The summed E-state index contributed by atoms with van der Waals surface area (Å²) < 4.78 is 0. The number of benzene rings is 1. The Morgan fingerprint density at radius 3 is 2.72 bits per heavy atom. The largest absolute Gasteiger partial charge is 0.325 e. The maximum absolute atomic E-state index is 11.9. The predicted octanol–water partition coefficient (Wildman–Crippen LogP) is 2.98. The SMILES string of the molecule is CC1(C)C(=O)Nc2cc(-c3cccnc3)ccc21. The number of carbonyl (C=O) groups is 1. The van der Waals surface area contributed by atoms with E-state index in [0.717, 1.165) is 22.4 Å². The van der Waals surface area contributed by atoms with Gasteiger partial charge in [0.2, 0.25) is 5.91 Å². The van der Waals surface area contributed by atoms with Crippen molar-refractivity contribution in [1.82, 2.24) is 4.98 Å². The topological polar surface area (TPSA) is 42.0 Å². The molecule has 2 aromatic rings. The average molecular weight is 238 g/mol. The third-order valence-electron chi connectivity index (χ3n) is 3.50. The molecule has 0 saturated heterocycles. The van der Waals surface area contributed by atoms with E-state index in [0.29, 0.717) is 0 Å². The zero-order chi connectivity index (χ0) is 12.8. The maximum atomic E-state index is 11.9. The second-order valence-corrected chi connectivity index (χ2v) is 5.08. The van der Waals surface area contributed by atoms with Crippen molar-refractivity contribution in [3.05, 3.63) is 48.3 Å². The van der Waals surface area contributed by atoms with Crippen LogP contribution in [0.25, 0.3) is 11.1 Å². The number of fused-ring (bicyclic) bond motifs is 1. The number of pyridine rings is 1. The van der Waals surface area contributed by atoms with E-state index in [4.69, 9.17) is 0 Å². The molecule has 90 valence electrons. The van der Waals surface area contributed by atoms with E-state index in [1.165, 1.54) is 0 Å². The highest BCUT2D eigenvalue weighted by atomic mass is 16.2. The summed E-state index contributed by atoms with van der Waals surface area (Å²) in [5.41, 5.74) is 3.65. The minimum absolute atomic E-state index is 0.0563. The van der Waals surface area contributed by atoms with Crippen molar-refractivity contribution in [1.29, 1.82) is 0 Å². The molecule has 0 unspecified atom stereocenters. The monoisotopic (exact) mass is 238 g/mol. The number of hydrogen-bond acceptors (Lipinski definition) is 2. The third-order valence-corrected chi connectivity index (χ3v) is 3.50. The van der Waals surface area contributed by atoms with Crippen molar-refractivity contribution in [2.75, 3.05) is 5.32 Å². The molecule has 0 bridgehead atoms. The van der Waals surface area contributed by atoms with E-state index in [-0.39, 0.29) is 5.91 Å². The molecule has 2 heterocycles. The van der Waals surface area contributed by atoms with Crippen LogP contribution < -0.4 is 5.32 Å². The summed E-state index contributed by atoms with van der Waals surface area (Å²) in [6.07, 6.45) is 3.57. The van der Waals surface area contributed by atoms with Crippen LogP contribution in [-0.4, -0.2) is 10.9 Å². The molecule has 3 rings (SSSR count). The van der Waals surface area contributed by atoms with E-state index in [1.54, 1.807) is 6.20 Å². The zero-order valence-corrected chi connectivity index (χ0v) is 10.4. The Balaban J connectivity index is 2.10. The second kappa shape index (κ2) is 3.67. The number of hydrogen-bond donors (Lipinski definition) is 1. The molecule has 1 aliphatic rings. The molecule has 0 aliphatic carbocycles. The Morgan fingerprint density at radius 2 is 2.00 bits per heavy atom. The molecule has 0 radical (unpaired) electrons. The van der Waals surface area contributed by atoms with Crippen LogP contribution in [0.5, 0.6) is 0 Å². The summed E-state index contributed by atoms with van der Waals surface area (Å²) in [5.74, 6) is 0.0563. The van der Waals surface area contributed by atoms with Crippen LogP contribution in [0.2, 0.25) is 0 Å². The van der Waals surface area contributed by atoms with Crippen molar-refractivity contribution >= 4 is 11.6 Å². The number of rotatable bonds is 1. The van der Waals surface area contributed by atoms with Gasteiger partial charge in [-0.05, 0) is 37.1 Å². The first-order valence-electron chi connectivity index (χ1n) is 5.95. The Hall–Kier alpha value is -2.16. The molecule has 0 spiro atoms. The lowest BCUT2D eigenvalue weighted by Crippen LogP contribution is -2.26. The van der Waals surface area contributed by atoms with Crippen molar-refractivity contribution < 1.29 is 4.79 Å². The van der Waals surface area contributed by atoms with Crippen molar-refractivity contribution in [3.63, 3.8) is 0 Å². The van der Waals surface area contributed by atoms with E-state index in [9.17, 15) is 4.79 Å². The Labute approximate surface area is 106 Å². The first-order chi connectivity index (χ1) is 8.59. The van der Waals surface area contributed by atoms with Crippen LogP contribution in [0.1, 0.15) is 19.4 Å². The van der Waals surface area contributed by atoms with E-state index in [1.807, 2.05) is 50.4 Å². The van der Waals surface area contributed by atoms with E-state index >= 15 is 0 Å². The summed E-state index contributed by atoms with van der Waals surface area (Å²) in [6.45, 7) is 3.88. The summed E-state index contributed by atoms with van der Waals surface area (Å²) >= 11 is 0. The van der Waals surface area contributed by atoms with Gasteiger partial charge in [-0.25, -0.2) is 0 Å². The van der Waals surface area contributed by atoms with Gasteiger partial charge in [-0.3, -0.25) is 9.78 Å². The predicted molar refractivity (Wildman–Crippen MR) is 71.3 cm³/mol. The van der Waals surface area contributed by atoms with E-state index < -0.39 is 5.41 Å². The first-order valence-corrected chi connectivity index (χ1v) is 5.95. The quantitative estimate of drug-likeness (QED) is 0.829. The van der Waals surface area contributed by atoms with Gasteiger partial charge in [-0.15, -0.1) is 0 Å². The third kappa shape index (κ3) is 1.51. The van der Waals surface area contributed by atoms with Crippen molar-refractivity contribution in [2.45, 2.75) is 19.3 Å². The molecule has 0 atom stereocenters. The average Bonchev–Trinajstić information content (AvgIpc) is 2.61.